The molecule has 4 heterocycles. The fourth-order valence-corrected chi connectivity index (χ4v) is 4.37. The first-order valence-corrected chi connectivity index (χ1v) is 12.1. The number of nitrogens with one attached hydrogen (secondary N) is 1. The van der Waals surface area contributed by atoms with Gasteiger partial charge in [-0.2, -0.15) is 0 Å². The Bertz CT molecular complexity index is 868. The number of nitrogens with zero attached hydrogens (tertiary/aromatic N) is 4. The maximum Gasteiger partial charge on any atom is 0.129 e. The highest BCUT2D eigenvalue weighted by Crippen LogP contribution is 2.30. The molecule has 2 aromatic rings. The van der Waals surface area contributed by atoms with Gasteiger partial charge >= 0.3 is 0 Å². The third-order valence-corrected chi connectivity index (χ3v) is 6.44. The highest BCUT2D eigenvalue weighted by atomic mass is 35.5. The van der Waals surface area contributed by atoms with Crippen LogP contribution in [0, 0.1) is 0 Å². The summed E-state index contributed by atoms with van der Waals surface area (Å²) in [6.45, 7) is 0. The van der Waals surface area contributed by atoms with Gasteiger partial charge in [-0.1, -0.05) is 35.3 Å². The van der Waals surface area contributed by atoms with Gasteiger partial charge < -0.3 is 5.32 Å². The number of rotatable bonds is 2. The normalized spacial score (nSPS) is 22.5. The molecule has 0 aliphatic carbocycles. The largest absolute Gasteiger partial charge is 0.367 e. The molecule has 0 spiro atoms. The quantitative estimate of drug-likeness (QED) is 0.530. The summed E-state index contributed by atoms with van der Waals surface area (Å²) in [6.07, 6.45) is 12.6. The van der Waals surface area contributed by atoms with E-state index in [2.05, 4.69) is 26.5 Å². The smallest absolute Gasteiger partial charge is 0.129 e. The van der Waals surface area contributed by atoms with Crippen LogP contribution in [0.25, 0.3) is 0 Å². The second-order valence-corrected chi connectivity index (χ2v) is 8.88. The molecule has 2 atom stereocenters. The van der Waals surface area contributed by atoms with Gasteiger partial charge in [0.05, 0.1) is 23.0 Å². The van der Waals surface area contributed by atoms with Gasteiger partial charge in [0.2, 0.25) is 0 Å². The van der Waals surface area contributed by atoms with Crippen LogP contribution in [0.5, 0.6) is 0 Å². The van der Waals surface area contributed by atoms with Crippen molar-refractivity contribution >= 4 is 45.8 Å². The van der Waals surface area contributed by atoms with E-state index in [9.17, 15) is 0 Å². The van der Waals surface area contributed by atoms with Gasteiger partial charge in [-0.05, 0) is 61.6 Å². The van der Waals surface area contributed by atoms with Crippen LogP contribution in [-0.4, -0.2) is 34.2 Å². The minimum atomic E-state index is 0.283. The summed E-state index contributed by atoms with van der Waals surface area (Å²) in [5.74, 6) is 1.08. The molecule has 30 heavy (non-hydrogen) atoms. The van der Waals surface area contributed by atoms with E-state index in [0.29, 0.717) is 16.3 Å². The number of aliphatic imine (C=N–C) groups is 2. The maximum atomic E-state index is 5.76. The number of halogens is 2. The Morgan fingerprint density at radius 3 is 2.23 bits per heavy atom. The van der Waals surface area contributed by atoms with E-state index in [-0.39, 0.29) is 6.04 Å². The van der Waals surface area contributed by atoms with E-state index < -0.39 is 0 Å². The number of piperidine rings is 1. The fraction of sp³-hybridized carbons (Fsp3) is 0.455. The summed E-state index contributed by atoms with van der Waals surface area (Å²) < 4.78 is 0. The zero-order valence-electron chi connectivity index (χ0n) is 17.3. The zero-order valence-corrected chi connectivity index (χ0v) is 19.6. The molecule has 160 valence electrons. The predicted molar refractivity (Wildman–Crippen MR) is 129 cm³/mol. The SMILES string of the molecule is CN=C1CCCC(c2ccc(Cl)nc2)N1.CSC1=NC(c2ccc(Cl)nc2)CCC1. The molecule has 4 rings (SSSR count). The number of hydrogen-bond acceptors (Lipinski definition) is 5. The van der Waals surface area contributed by atoms with Crippen molar-refractivity contribution in [3.8, 4) is 0 Å². The topological polar surface area (TPSA) is 62.5 Å². The third kappa shape index (κ3) is 6.69. The molecule has 2 aliphatic heterocycles. The average Bonchev–Trinajstić information content (AvgIpc) is 2.80. The molecule has 0 radical (unpaired) electrons. The Balaban J connectivity index is 0.000000171. The lowest BCUT2D eigenvalue weighted by Crippen LogP contribution is -2.32. The summed E-state index contributed by atoms with van der Waals surface area (Å²) in [4.78, 5) is 17.1. The minimum absolute atomic E-state index is 0.283. The predicted octanol–water partition coefficient (Wildman–Crippen LogP) is 6.30. The van der Waals surface area contributed by atoms with Crippen molar-refractivity contribution in [2.45, 2.75) is 50.6 Å². The van der Waals surface area contributed by atoms with E-state index in [1.807, 2.05) is 43.7 Å². The number of aromatic nitrogens is 2. The molecule has 8 heteroatoms. The van der Waals surface area contributed by atoms with Gasteiger partial charge in [-0.15, -0.1) is 11.8 Å². The molecule has 0 aromatic carbocycles. The summed E-state index contributed by atoms with van der Waals surface area (Å²) in [5.41, 5.74) is 2.35. The first-order valence-electron chi connectivity index (χ1n) is 10.1. The fourth-order valence-electron chi connectivity index (χ4n) is 3.57. The summed E-state index contributed by atoms with van der Waals surface area (Å²) in [5, 5.41) is 5.74. The molecule has 2 aliphatic rings. The van der Waals surface area contributed by atoms with Gasteiger partial charge in [0, 0.05) is 25.9 Å². The molecule has 1 fully saturated rings. The van der Waals surface area contributed by atoms with Crippen LogP contribution in [0.2, 0.25) is 10.3 Å². The summed E-state index contributed by atoms with van der Waals surface area (Å²) >= 11 is 13.3. The van der Waals surface area contributed by atoms with Crippen molar-refractivity contribution in [1.82, 2.24) is 15.3 Å². The van der Waals surface area contributed by atoms with Crippen molar-refractivity contribution in [3.63, 3.8) is 0 Å². The van der Waals surface area contributed by atoms with Gasteiger partial charge in [0.1, 0.15) is 10.3 Å². The lowest BCUT2D eigenvalue weighted by Gasteiger charge is -2.25. The van der Waals surface area contributed by atoms with Crippen molar-refractivity contribution in [2.24, 2.45) is 9.98 Å². The van der Waals surface area contributed by atoms with E-state index >= 15 is 0 Å². The lowest BCUT2D eigenvalue weighted by molar-refractivity contribution is 0.524. The number of amidine groups is 1. The van der Waals surface area contributed by atoms with Crippen molar-refractivity contribution in [2.75, 3.05) is 13.3 Å². The van der Waals surface area contributed by atoms with Crippen molar-refractivity contribution < 1.29 is 0 Å². The summed E-state index contributed by atoms with van der Waals surface area (Å²) in [7, 11) is 1.82. The van der Waals surface area contributed by atoms with E-state index in [1.165, 1.54) is 29.0 Å². The Morgan fingerprint density at radius 2 is 1.63 bits per heavy atom. The van der Waals surface area contributed by atoms with Gasteiger partial charge in [-0.3, -0.25) is 9.98 Å². The summed E-state index contributed by atoms with van der Waals surface area (Å²) in [6, 6.07) is 8.32. The van der Waals surface area contributed by atoms with Crippen LogP contribution in [-0.2, 0) is 0 Å². The van der Waals surface area contributed by atoms with Crippen molar-refractivity contribution in [1.29, 1.82) is 0 Å². The van der Waals surface area contributed by atoms with Crippen LogP contribution in [0.3, 0.4) is 0 Å². The van der Waals surface area contributed by atoms with Gasteiger partial charge in [-0.25, -0.2) is 9.97 Å². The standard InChI is InChI=1S/C11H14ClN3.C11H13ClN2S/c1-13-11-4-2-3-9(15-11)8-5-6-10(12)14-7-8;1-15-11-4-2-3-9(14-11)8-5-6-10(12)13-7-8/h5-7,9H,2-4H2,1H3,(H,13,15);5-7,9H,2-4H2,1H3. The number of thioether (sulfide) groups is 1. The minimum Gasteiger partial charge on any atom is -0.367 e. The first-order chi connectivity index (χ1) is 14.6. The Kier molecular flexibility index (Phi) is 8.97. The average molecular weight is 464 g/mol. The Morgan fingerprint density at radius 1 is 0.967 bits per heavy atom. The zero-order chi connectivity index (χ0) is 21.3. The maximum absolute atomic E-state index is 5.76. The van der Waals surface area contributed by atoms with Gasteiger partial charge in [0.15, 0.2) is 0 Å². The molecule has 0 amide bonds. The first kappa shape index (κ1) is 23.0. The number of pyridine rings is 2. The Hall–Kier alpha value is -1.63. The monoisotopic (exact) mass is 463 g/mol. The van der Waals surface area contributed by atoms with Crippen LogP contribution < -0.4 is 5.32 Å². The van der Waals surface area contributed by atoms with E-state index in [0.717, 1.165) is 31.5 Å². The van der Waals surface area contributed by atoms with E-state index in [1.54, 1.807) is 11.8 Å². The molecule has 2 unspecified atom stereocenters. The molecule has 1 N–H and O–H groups in total. The highest BCUT2D eigenvalue weighted by molar-refractivity contribution is 8.13. The molecule has 2 aromatic heterocycles. The van der Waals surface area contributed by atoms with Crippen LogP contribution in [0.1, 0.15) is 61.7 Å². The molecule has 0 bridgehead atoms. The molecular formula is C22H27Cl2N5S. The highest BCUT2D eigenvalue weighted by Gasteiger charge is 2.18. The Labute approximate surface area is 192 Å². The molecular weight excluding hydrogens is 437 g/mol. The molecule has 1 saturated heterocycles. The van der Waals surface area contributed by atoms with Crippen LogP contribution >= 0.6 is 35.0 Å². The molecule has 0 saturated carbocycles. The number of hydrogen-bond donors (Lipinski definition) is 1. The van der Waals surface area contributed by atoms with Gasteiger partial charge in [0.25, 0.3) is 0 Å². The van der Waals surface area contributed by atoms with E-state index in [4.69, 9.17) is 28.2 Å². The lowest BCUT2D eigenvalue weighted by atomic mass is 9.98. The van der Waals surface area contributed by atoms with Crippen LogP contribution in [0.4, 0.5) is 0 Å². The second kappa shape index (κ2) is 11.7. The van der Waals surface area contributed by atoms with Crippen LogP contribution in [0.15, 0.2) is 46.6 Å². The molecule has 5 nitrogen and oxygen atoms in total. The van der Waals surface area contributed by atoms with Crippen molar-refractivity contribution in [3.05, 3.63) is 58.1 Å². The second-order valence-electron chi connectivity index (χ2n) is 7.22. The third-order valence-electron chi connectivity index (χ3n) is 5.21.